The molecule has 3 aromatic rings. The monoisotopic (exact) mass is 303 g/mol. The second-order valence-electron chi connectivity index (χ2n) is 6.12. The number of aromatic amines is 1. The third kappa shape index (κ3) is 3.06. The van der Waals surface area contributed by atoms with Crippen LogP contribution in [0.2, 0.25) is 0 Å². The number of H-pyrrole nitrogens is 1. The summed E-state index contributed by atoms with van der Waals surface area (Å²) < 4.78 is 0. The first-order valence-electron chi connectivity index (χ1n) is 8.28. The summed E-state index contributed by atoms with van der Waals surface area (Å²) in [6.07, 6.45) is 8.55. The molecule has 1 aliphatic rings. The van der Waals surface area contributed by atoms with E-state index in [4.69, 9.17) is 0 Å². The second kappa shape index (κ2) is 6.39. The Balaban J connectivity index is 1.43. The largest absolute Gasteiger partial charge is 0.346 e. The van der Waals surface area contributed by atoms with E-state index >= 15 is 0 Å². The van der Waals surface area contributed by atoms with Crippen LogP contribution in [0, 0.1) is 0 Å². The van der Waals surface area contributed by atoms with Crippen LogP contribution in [0.5, 0.6) is 0 Å². The van der Waals surface area contributed by atoms with Crippen molar-refractivity contribution < 1.29 is 0 Å². The Morgan fingerprint density at radius 3 is 2.83 bits per heavy atom. The zero-order chi connectivity index (χ0) is 15.5. The van der Waals surface area contributed by atoms with Crippen molar-refractivity contribution in [2.45, 2.75) is 12.8 Å². The van der Waals surface area contributed by atoms with Crippen LogP contribution in [0.1, 0.15) is 17.5 Å². The van der Waals surface area contributed by atoms with Crippen LogP contribution < -0.4 is 0 Å². The minimum Gasteiger partial charge on any atom is -0.346 e. The molecule has 1 aromatic carbocycles. The number of nitrogens with zero attached hydrogens (tertiary/aromatic N) is 2. The lowest BCUT2D eigenvalue weighted by molar-refractivity contribution is 0.306. The fourth-order valence-electron chi connectivity index (χ4n) is 3.31. The highest BCUT2D eigenvalue weighted by atomic mass is 15.1. The molecule has 0 unspecified atom stereocenters. The minimum atomic E-state index is 0.981. The van der Waals surface area contributed by atoms with Crippen LogP contribution in [0.3, 0.4) is 0 Å². The Labute approximate surface area is 136 Å². The maximum atomic E-state index is 4.38. The van der Waals surface area contributed by atoms with Gasteiger partial charge >= 0.3 is 0 Å². The van der Waals surface area contributed by atoms with Crippen molar-refractivity contribution in [3.05, 3.63) is 72.1 Å². The van der Waals surface area contributed by atoms with Crippen LogP contribution in [-0.2, 0) is 6.42 Å². The molecule has 4 rings (SSSR count). The van der Waals surface area contributed by atoms with Crippen molar-refractivity contribution in [2.24, 2.45) is 0 Å². The van der Waals surface area contributed by atoms with Crippen LogP contribution in [0.25, 0.3) is 16.6 Å². The molecule has 0 bridgehead atoms. The molecule has 3 heterocycles. The standard InChI is InChI=1S/C20H21N3/c1-2-5-16(6-3-1)8-12-23-13-9-17(10-14-23)19-15-22-20-18(19)7-4-11-21-20/h1-7,9,11,15H,8,10,12-14H2,(H,21,22). The summed E-state index contributed by atoms with van der Waals surface area (Å²) in [7, 11) is 0. The number of fused-ring (bicyclic) bond motifs is 1. The zero-order valence-electron chi connectivity index (χ0n) is 13.2. The van der Waals surface area contributed by atoms with Gasteiger partial charge in [0.25, 0.3) is 0 Å². The predicted molar refractivity (Wildman–Crippen MR) is 95.3 cm³/mol. The molecule has 0 fully saturated rings. The van der Waals surface area contributed by atoms with Crippen molar-refractivity contribution in [3.63, 3.8) is 0 Å². The summed E-state index contributed by atoms with van der Waals surface area (Å²) in [5, 5.41) is 1.23. The third-order valence-corrected chi connectivity index (χ3v) is 4.65. The average Bonchev–Trinajstić information content (AvgIpc) is 3.05. The highest BCUT2D eigenvalue weighted by Crippen LogP contribution is 2.28. The van der Waals surface area contributed by atoms with Gasteiger partial charge in [0.1, 0.15) is 5.65 Å². The van der Waals surface area contributed by atoms with Crippen LogP contribution in [-0.4, -0.2) is 34.5 Å². The summed E-state index contributed by atoms with van der Waals surface area (Å²) in [5.41, 5.74) is 5.16. The van der Waals surface area contributed by atoms with Crippen molar-refractivity contribution >= 4 is 16.6 Å². The Kier molecular flexibility index (Phi) is 3.95. The Bertz CT molecular complexity index is 817. The number of rotatable bonds is 4. The fourth-order valence-corrected chi connectivity index (χ4v) is 3.31. The van der Waals surface area contributed by atoms with E-state index in [2.05, 4.69) is 63.5 Å². The van der Waals surface area contributed by atoms with Gasteiger partial charge in [0.15, 0.2) is 0 Å². The molecule has 0 radical (unpaired) electrons. The molecule has 0 spiro atoms. The summed E-state index contributed by atoms with van der Waals surface area (Å²) in [4.78, 5) is 10.2. The first kappa shape index (κ1) is 14.2. The molecular formula is C20H21N3. The molecule has 0 aliphatic carbocycles. The Morgan fingerprint density at radius 2 is 2.00 bits per heavy atom. The Hall–Kier alpha value is -2.39. The quantitative estimate of drug-likeness (QED) is 0.793. The molecule has 2 aromatic heterocycles. The van der Waals surface area contributed by atoms with Gasteiger partial charge < -0.3 is 4.98 Å². The van der Waals surface area contributed by atoms with E-state index in [1.54, 1.807) is 0 Å². The van der Waals surface area contributed by atoms with Gasteiger partial charge in [-0.1, -0.05) is 36.4 Å². The number of aromatic nitrogens is 2. The number of pyridine rings is 1. The van der Waals surface area contributed by atoms with E-state index in [1.807, 2.05) is 12.3 Å². The van der Waals surface area contributed by atoms with Crippen molar-refractivity contribution in [1.29, 1.82) is 0 Å². The van der Waals surface area contributed by atoms with E-state index in [9.17, 15) is 0 Å². The maximum absolute atomic E-state index is 4.38. The van der Waals surface area contributed by atoms with Gasteiger partial charge in [0.05, 0.1) is 0 Å². The van der Waals surface area contributed by atoms with Crippen LogP contribution >= 0.6 is 0 Å². The lowest BCUT2D eigenvalue weighted by Gasteiger charge is -2.26. The number of nitrogens with one attached hydrogen (secondary N) is 1. The van der Waals surface area contributed by atoms with E-state index in [-0.39, 0.29) is 0 Å². The Morgan fingerprint density at radius 1 is 1.09 bits per heavy atom. The minimum absolute atomic E-state index is 0.981. The van der Waals surface area contributed by atoms with E-state index in [0.717, 1.165) is 38.1 Å². The highest BCUT2D eigenvalue weighted by molar-refractivity contribution is 5.90. The molecule has 0 atom stereocenters. The average molecular weight is 303 g/mol. The lowest BCUT2D eigenvalue weighted by atomic mass is 9.99. The summed E-state index contributed by atoms with van der Waals surface area (Å²) in [6, 6.07) is 14.9. The normalized spacial score (nSPS) is 15.7. The SMILES string of the molecule is C1=C(c2c[nH]c3ncccc23)CCN(CCc2ccccc2)C1. The molecule has 1 aliphatic heterocycles. The summed E-state index contributed by atoms with van der Waals surface area (Å²) >= 11 is 0. The molecule has 3 nitrogen and oxygen atoms in total. The van der Waals surface area contributed by atoms with Gasteiger partial charge in [-0.15, -0.1) is 0 Å². The first-order chi connectivity index (χ1) is 11.4. The highest BCUT2D eigenvalue weighted by Gasteiger charge is 2.15. The van der Waals surface area contributed by atoms with E-state index < -0.39 is 0 Å². The van der Waals surface area contributed by atoms with Crippen LogP contribution in [0.4, 0.5) is 0 Å². The molecule has 0 saturated heterocycles. The van der Waals surface area contributed by atoms with Crippen molar-refractivity contribution in [3.8, 4) is 0 Å². The molecule has 116 valence electrons. The third-order valence-electron chi connectivity index (χ3n) is 4.65. The lowest BCUT2D eigenvalue weighted by Crippen LogP contribution is -2.30. The maximum Gasteiger partial charge on any atom is 0.137 e. The number of benzene rings is 1. The van der Waals surface area contributed by atoms with Gasteiger partial charge in [0.2, 0.25) is 0 Å². The van der Waals surface area contributed by atoms with Crippen molar-refractivity contribution in [2.75, 3.05) is 19.6 Å². The van der Waals surface area contributed by atoms with Gasteiger partial charge in [-0.3, -0.25) is 4.90 Å². The predicted octanol–water partition coefficient (Wildman–Crippen LogP) is 3.89. The van der Waals surface area contributed by atoms with Crippen molar-refractivity contribution in [1.82, 2.24) is 14.9 Å². The van der Waals surface area contributed by atoms with Gasteiger partial charge in [0, 0.05) is 43.0 Å². The van der Waals surface area contributed by atoms with Crippen LogP contribution in [0.15, 0.2) is 60.9 Å². The molecule has 1 N–H and O–H groups in total. The van der Waals surface area contributed by atoms with E-state index in [0.29, 0.717) is 0 Å². The zero-order valence-corrected chi connectivity index (χ0v) is 13.2. The summed E-state index contributed by atoms with van der Waals surface area (Å²) in [6.45, 7) is 3.30. The molecule has 0 saturated carbocycles. The molecule has 0 amide bonds. The fraction of sp³-hybridized carbons (Fsp3) is 0.250. The topological polar surface area (TPSA) is 31.9 Å². The van der Waals surface area contributed by atoms with Gasteiger partial charge in [-0.05, 0) is 36.1 Å². The van der Waals surface area contributed by atoms with E-state index in [1.165, 1.54) is 22.1 Å². The first-order valence-corrected chi connectivity index (χ1v) is 8.28. The smallest absolute Gasteiger partial charge is 0.137 e. The van der Waals surface area contributed by atoms with Gasteiger partial charge in [-0.2, -0.15) is 0 Å². The van der Waals surface area contributed by atoms with Gasteiger partial charge in [-0.25, -0.2) is 4.98 Å². The molecular weight excluding hydrogens is 282 g/mol. The molecule has 23 heavy (non-hydrogen) atoms. The number of hydrogen-bond donors (Lipinski definition) is 1. The number of hydrogen-bond acceptors (Lipinski definition) is 2. The summed E-state index contributed by atoms with van der Waals surface area (Å²) in [5.74, 6) is 0. The molecule has 3 heteroatoms. The second-order valence-corrected chi connectivity index (χ2v) is 6.12.